The van der Waals surface area contributed by atoms with Gasteiger partial charge in [-0.25, -0.2) is 0 Å². The van der Waals surface area contributed by atoms with Crippen LogP contribution in [0, 0.1) is 6.92 Å². The second kappa shape index (κ2) is 6.40. The van der Waals surface area contributed by atoms with Crippen LogP contribution >= 0.6 is 0 Å². The van der Waals surface area contributed by atoms with Gasteiger partial charge in [-0.05, 0) is 32.9 Å². The lowest BCUT2D eigenvalue weighted by molar-refractivity contribution is 0.0632. The van der Waals surface area contributed by atoms with Crippen molar-refractivity contribution >= 4 is 5.91 Å². The van der Waals surface area contributed by atoms with Gasteiger partial charge < -0.3 is 14.7 Å². The highest BCUT2D eigenvalue weighted by atomic mass is 16.5. The number of carbonyl (C=O) groups is 1. The molecule has 18 heavy (non-hydrogen) atoms. The quantitative estimate of drug-likeness (QED) is 0.872. The molecule has 0 saturated heterocycles. The summed E-state index contributed by atoms with van der Waals surface area (Å²) in [6.07, 6.45) is 0. The number of methoxy groups -OCH3 is 1. The van der Waals surface area contributed by atoms with Gasteiger partial charge in [0.15, 0.2) is 0 Å². The zero-order valence-corrected chi connectivity index (χ0v) is 11.4. The van der Waals surface area contributed by atoms with Crippen LogP contribution in [0.2, 0.25) is 0 Å². The van der Waals surface area contributed by atoms with Crippen LogP contribution in [0.15, 0.2) is 18.2 Å². The Bertz CT molecular complexity index is 416. The summed E-state index contributed by atoms with van der Waals surface area (Å²) in [5, 5.41) is 9.78. The summed E-state index contributed by atoms with van der Waals surface area (Å²) in [5.74, 6) is -0.142. The molecule has 0 bridgehead atoms. The van der Waals surface area contributed by atoms with Gasteiger partial charge in [-0.1, -0.05) is 11.6 Å². The first-order valence-electron chi connectivity index (χ1n) is 6.07. The molecule has 0 aromatic heterocycles. The van der Waals surface area contributed by atoms with Crippen molar-refractivity contribution in [2.45, 2.75) is 26.8 Å². The van der Waals surface area contributed by atoms with E-state index in [4.69, 9.17) is 4.74 Å². The van der Waals surface area contributed by atoms with E-state index in [2.05, 4.69) is 0 Å². The number of carbonyl (C=O) groups excluding carboxylic acids is 1. The number of hydrogen-bond acceptors (Lipinski definition) is 3. The molecule has 1 N–H and O–H groups in total. The Morgan fingerprint density at radius 2 is 2.11 bits per heavy atom. The first-order chi connectivity index (χ1) is 8.47. The van der Waals surface area contributed by atoms with Crippen molar-refractivity contribution in [1.29, 1.82) is 0 Å². The van der Waals surface area contributed by atoms with Crippen LogP contribution in [-0.4, -0.2) is 42.2 Å². The maximum atomic E-state index is 12.4. The lowest BCUT2D eigenvalue weighted by atomic mass is 10.1. The SMILES string of the molecule is COCCN(C(=O)c1cc(C)ccc1O)C(C)C. The lowest BCUT2D eigenvalue weighted by Gasteiger charge is -2.27. The molecule has 0 unspecified atom stereocenters. The van der Waals surface area contributed by atoms with E-state index in [9.17, 15) is 9.90 Å². The summed E-state index contributed by atoms with van der Waals surface area (Å²) >= 11 is 0. The van der Waals surface area contributed by atoms with E-state index < -0.39 is 0 Å². The summed E-state index contributed by atoms with van der Waals surface area (Å²) in [5.41, 5.74) is 1.30. The average Bonchev–Trinajstić information content (AvgIpc) is 2.32. The van der Waals surface area contributed by atoms with Crippen LogP contribution in [0.4, 0.5) is 0 Å². The second-order valence-corrected chi connectivity index (χ2v) is 4.61. The van der Waals surface area contributed by atoms with Crippen molar-refractivity contribution < 1.29 is 14.6 Å². The number of phenols is 1. The van der Waals surface area contributed by atoms with Gasteiger partial charge in [-0.15, -0.1) is 0 Å². The number of rotatable bonds is 5. The minimum Gasteiger partial charge on any atom is -0.507 e. The molecule has 0 aliphatic rings. The van der Waals surface area contributed by atoms with Gasteiger partial charge in [0.05, 0.1) is 12.2 Å². The van der Waals surface area contributed by atoms with Gasteiger partial charge >= 0.3 is 0 Å². The Labute approximate surface area is 108 Å². The smallest absolute Gasteiger partial charge is 0.257 e. The molecule has 1 aromatic rings. The maximum absolute atomic E-state index is 12.4. The molecule has 0 spiro atoms. The molecule has 0 atom stereocenters. The molecule has 4 nitrogen and oxygen atoms in total. The molecule has 100 valence electrons. The largest absolute Gasteiger partial charge is 0.507 e. The van der Waals surface area contributed by atoms with E-state index in [0.717, 1.165) is 5.56 Å². The molecule has 1 amide bonds. The highest BCUT2D eigenvalue weighted by Gasteiger charge is 2.21. The van der Waals surface area contributed by atoms with Gasteiger partial charge in [-0.3, -0.25) is 4.79 Å². The van der Waals surface area contributed by atoms with Gasteiger partial charge in [-0.2, -0.15) is 0 Å². The molecule has 0 aliphatic carbocycles. The number of amides is 1. The predicted octanol–water partition coefficient (Wildman–Crippen LogP) is 2.20. The third kappa shape index (κ3) is 3.47. The molecule has 0 saturated carbocycles. The molecule has 0 radical (unpaired) electrons. The van der Waals surface area contributed by atoms with Crippen LogP contribution in [0.5, 0.6) is 5.75 Å². The fourth-order valence-corrected chi connectivity index (χ4v) is 1.76. The average molecular weight is 251 g/mol. The Hall–Kier alpha value is -1.55. The molecule has 1 aromatic carbocycles. The molecular weight excluding hydrogens is 230 g/mol. The van der Waals surface area contributed by atoms with Crippen LogP contribution in [0.3, 0.4) is 0 Å². The number of aromatic hydroxyl groups is 1. The third-order valence-electron chi connectivity index (χ3n) is 2.80. The third-order valence-corrected chi connectivity index (χ3v) is 2.80. The standard InChI is InChI=1S/C14H21NO3/c1-10(2)15(7-8-18-4)14(17)12-9-11(3)5-6-13(12)16/h5-6,9-10,16H,7-8H2,1-4H3. The van der Waals surface area contributed by atoms with E-state index in [-0.39, 0.29) is 17.7 Å². The van der Waals surface area contributed by atoms with Crippen LogP contribution < -0.4 is 0 Å². The van der Waals surface area contributed by atoms with Gasteiger partial charge in [0.1, 0.15) is 5.75 Å². The van der Waals surface area contributed by atoms with Crippen molar-refractivity contribution in [3.8, 4) is 5.75 Å². The van der Waals surface area contributed by atoms with Crippen molar-refractivity contribution in [2.24, 2.45) is 0 Å². The molecule has 0 aliphatic heterocycles. The van der Waals surface area contributed by atoms with Crippen molar-refractivity contribution in [3.05, 3.63) is 29.3 Å². The topological polar surface area (TPSA) is 49.8 Å². The van der Waals surface area contributed by atoms with E-state index in [1.807, 2.05) is 20.8 Å². The van der Waals surface area contributed by atoms with Crippen LogP contribution in [-0.2, 0) is 4.74 Å². The number of nitrogens with zero attached hydrogens (tertiary/aromatic N) is 1. The number of aryl methyl sites for hydroxylation is 1. The maximum Gasteiger partial charge on any atom is 0.257 e. The van der Waals surface area contributed by atoms with Gasteiger partial charge in [0, 0.05) is 19.7 Å². The minimum atomic E-state index is -0.164. The van der Waals surface area contributed by atoms with Crippen molar-refractivity contribution in [2.75, 3.05) is 20.3 Å². The Kier molecular flexibility index (Phi) is 5.16. The van der Waals surface area contributed by atoms with E-state index in [1.54, 1.807) is 30.2 Å². The highest BCUT2D eigenvalue weighted by molar-refractivity contribution is 5.97. The lowest BCUT2D eigenvalue weighted by Crippen LogP contribution is -2.39. The number of phenolic OH excluding ortho intramolecular Hbond substituents is 1. The Morgan fingerprint density at radius 3 is 2.67 bits per heavy atom. The summed E-state index contributed by atoms with van der Waals surface area (Å²) < 4.78 is 5.01. The van der Waals surface area contributed by atoms with E-state index in [1.165, 1.54) is 0 Å². The van der Waals surface area contributed by atoms with Crippen molar-refractivity contribution in [3.63, 3.8) is 0 Å². The summed E-state index contributed by atoms with van der Waals surface area (Å²) in [4.78, 5) is 14.1. The zero-order valence-electron chi connectivity index (χ0n) is 11.4. The number of benzene rings is 1. The Balaban J connectivity index is 2.98. The molecule has 1 rings (SSSR count). The Morgan fingerprint density at radius 1 is 1.44 bits per heavy atom. The molecule has 0 fully saturated rings. The molecule has 4 heteroatoms. The molecular formula is C14H21NO3. The summed E-state index contributed by atoms with van der Waals surface area (Å²) in [6, 6.07) is 5.10. The molecule has 0 heterocycles. The van der Waals surface area contributed by atoms with Gasteiger partial charge in [0.2, 0.25) is 0 Å². The second-order valence-electron chi connectivity index (χ2n) is 4.61. The first-order valence-corrected chi connectivity index (χ1v) is 6.07. The van der Waals surface area contributed by atoms with E-state index in [0.29, 0.717) is 18.7 Å². The summed E-state index contributed by atoms with van der Waals surface area (Å²) in [6.45, 7) is 6.78. The fourth-order valence-electron chi connectivity index (χ4n) is 1.76. The van der Waals surface area contributed by atoms with Crippen molar-refractivity contribution in [1.82, 2.24) is 4.90 Å². The van der Waals surface area contributed by atoms with Crippen LogP contribution in [0.25, 0.3) is 0 Å². The highest BCUT2D eigenvalue weighted by Crippen LogP contribution is 2.21. The monoisotopic (exact) mass is 251 g/mol. The number of ether oxygens (including phenoxy) is 1. The predicted molar refractivity (Wildman–Crippen MR) is 70.9 cm³/mol. The first kappa shape index (κ1) is 14.5. The normalized spacial score (nSPS) is 10.7. The fraction of sp³-hybridized carbons (Fsp3) is 0.500. The van der Waals surface area contributed by atoms with Crippen LogP contribution in [0.1, 0.15) is 29.8 Å². The summed E-state index contributed by atoms with van der Waals surface area (Å²) in [7, 11) is 1.60. The zero-order chi connectivity index (χ0) is 13.7. The van der Waals surface area contributed by atoms with Gasteiger partial charge in [0.25, 0.3) is 5.91 Å². The number of hydrogen-bond donors (Lipinski definition) is 1. The van der Waals surface area contributed by atoms with E-state index >= 15 is 0 Å². The minimum absolute atomic E-state index is 0.0219.